The van der Waals surface area contributed by atoms with Crippen LogP contribution >= 0.6 is 0 Å². The first-order valence-corrected chi connectivity index (χ1v) is 4.93. The first kappa shape index (κ1) is 11.8. The van der Waals surface area contributed by atoms with Crippen molar-refractivity contribution in [3.05, 3.63) is 23.8 Å². The number of phenolic OH excluding ortho intramolecular Hbond substituents is 1. The number of aliphatic hydroxyl groups is 1. The highest BCUT2D eigenvalue weighted by Gasteiger charge is 2.05. The van der Waals surface area contributed by atoms with E-state index in [1.807, 2.05) is 18.0 Å². The molecule has 0 aliphatic carbocycles. The van der Waals surface area contributed by atoms with E-state index in [0.717, 1.165) is 5.56 Å². The Hall–Kier alpha value is -1.26. The summed E-state index contributed by atoms with van der Waals surface area (Å²) >= 11 is 0. The van der Waals surface area contributed by atoms with Crippen LogP contribution in [0.15, 0.2) is 18.2 Å². The van der Waals surface area contributed by atoms with Crippen LogP contribution in [0.5, 0.6) is 5.75 Å². The monoisotopic (exact) mass is 210 g/mol. The Bertz CT molecular complexity index is 326. The van der Waals surface area contributed by atoms with Crippen LogP contribution < -0.4 is 5.73 Å². The second-order valence-electron chi connectivity index (χ2n) is 3.94. The lowest BCUT2D eigenvalue weighted by Crippen LogP contribution is -2.26. The molecule has 4 heteroatoms. The van der Waals surface area contributed by atoms with Gasteiger partial charge in [0, 0.05) is 13.1 Å². The number of nitrogen functional groups attached to an aromatic ring is 1. The highest BCUT2D eigenvalue weighted by Crippen LogP contribution is 2.20. The van der Waals surface area contributed by atoms with Gasteiger partial charge in [0.15, 0.2) is 0 Å². The van der Waals surface area contributed by atoms with E-state index in [2.05, 4.69) is 0 Å². The minimum atomic E-state index is -0.343. The Morgan fingerprint density at radius 2 is 2.13 bits per heavy atom. The van der Waals surface area contributed by atoms with E-state index in [0.29, 0.717) is 18.8 Å². The fourth-order valence-corrected chi connectivity index (χ4v) is 1.53. The molecule has 1 aromatic rings. The molecule has 0 aliphatic rings. The highest BCUT2D eigenvalue weighted by atomic mass is 16.3. The fourth-order valence-electron chi connectivity index (χ4n) is 1.53. The number of aliphatic hydroxyl groups excluding tert-OH is 1. The van der Waals surface area contributed by atoms with Crippen LogP contribution in [-0.2, 0) is 6.54 Å². The number of phenols is 1. The van der Waals surface area contributed by atoms with Crippen LogP contribution in [0.2, 0.25) is 0 Å². The summed E-state index contributed by atoms with van der Waals surface area (Å²) in [6.07, 6.45) is -0.343. The van der Waals surface area contributed by atoms with Crippen molar-refractivity contribution < 1.29 is 10.2 Å². The van der Waals surface area contributed by atoms with E-state index in [9.17, 15) is 10.2 Å². The summed E-state index contributed by atoms with van der Waals surface area (Å²) < 4.78 is 0. The third-order valence-corrected chi connectivity index (χ3v) is 2.12. The van der Waals surface area contributed by atoms with Crippen LogP contribution in [0, 0.1) is 0 Å². The lowest BCUT2D eigenvalue weighted by molar-refractivity contribution is 0.138. The fraction of sp³-hybridized carbons (Fsp3) is 0.455. The lowest BCUT2D eigenvalue weighted by Gasteiger charge is -2.18. The Labute approximate surface area is 89.9 Å². The van der Waals surface area contributed by atoms with Crippen molar-refractivity contribution in [1.82, 2.24) is 4.90 Å². The van der Waals surface area contributed by atoms with Gasteiger partial charge >= 0.3 is 0 Å². The van der Waals surface area contributed by atoms with Gasteiger partial charge in [-0.15, -0.1) is 0 Å². The number of nitrogens with two attached hydrogens (primary N) is 1. The van der Waals surface area contributed by atoms with Gasteiger partial charge in [0.1, 0.15) is 5.75 Å². The molecule has 1 aromatic carbocycles. The second kappa shape index (κ2) is 5.00. The van der Waals surface area contributed by atoms with Gasteiger partial charge in [-0.2, -0.15) is 0 Å². The molecule has 0 aromatic heterocycles. The van der Waals surface area contributed by atoms with Crippen LogP contribution in [0.3, 0.4) is 0 Å². The van der Waals surface area contributed by atoms with Crippen LogP contribution in [0.4, 0.5) is 5.69 Å². The summed E-state index contributed by atoms with van der Waals surface area (Å²) in [5.41, 5.74) is 6.99. The molecular weight excluding hydrogens is 192 g/mol. The van der Waals surface area contributed by atoms with Crippen molar-refractivity contribution in [2.45, 2.75) is 19.6 Å². The molecule has 1 unspecified atom stereocenters. The summed E-state index contributed by atoms with van der Waals surface area (Å²) in [4.78, 5) is 2.00. The van der Waals surface area contributed by atoms with Crippen LogP contribution in [0.25, 0.3) is 0 Å². The number of anilines is 1. The third kappa shape index (κ3) is 3.77. The molecule has 0 fully saturated rings. The highest BCUT2D eigenvalue weighted by molar-refractivity contribution is 5.53. The normalized spacial score (nSPS) is 13.1. The second-order valence-corrected chi connectivity index (χ2v) is 3.94. The number of likely N-dealkylation sites (N-methyl/N-ethyl adjacent to an activating group) is 1. The van der Waals surface area contributed by atoms with Gasteiger partial charge in [0.2, 0.25) is 0 Å². The van der Waals surface area contributed by atoms with E-state index >= 15 is 0 Å². The number of nitrogens with zero attached hydrogens (tertiary/aromatic N) is 1. The summed E-state index contributed by atoms with van der Waals surface area (Å²) in [5, 5.41) is 18.4. The lowest BCUT2D eigenvalue weighted by atomic mass is 10.2. The van der Waals surface area contributed by atoms with Gasteiger partial charge in [-0.1, -0.05) is 6.07 Å². The maximum absolute atomic E-state index is 9.24. The van der Waals surface area contributed by atoms with Crippen molar-refractivity contribution in [3.63, 3.8) is 0 Å². The molecule has 4 nitrogen and oxygen atoms in total. The zero-order chi connectivity index (χ0) is 11.4. The summed E-state index contributed by atoms with van der Waals surface area (Å²) in [6, 6.07) is 5.15. The Kier molecular flexibility index (Phi) is 3.94. The van der Waals surface area contributed by atoms with Crippen molar-refractivity contribution in [2.75, 3.05) is 19.3 Å². The molecule has 0 heterocycles. The van der Waals surface area contributed by atoms with Gasteiger partial charge in [-0.05, 0) is 31.7 Å². The largest absolute Gasteiger partial charge is 0.506 e. The number of hydrogen-bond acceptors (Lipinski definition) is 4. The smallest absolute Gasteiger partial charge is 0.138 e. The molecule has 15 heavy (non-hydrogen) atoms. The number of benzene rings is 1. The van der Waals surface area contributed by atoms with Crippen molar-refractivity contribution in [1.29, 1.82) is 0 Å². The van der Waals surface area contributed by atoms with E-state index < -0.39 is 0 Å². The molecular formula is C11H18N2O2. The quantitative estimate of drug-likeness (QED) is 0.507. The molecule has 0 saturated carbocycles. The predicted molar refractivity (Wildman–Crippen MR) is 60.5 cm³/mol. The van der Waals surface area contributed by atoms with Gasteiger partial charge < -0.3 is 15.9 Å². The Morgan fingerprint density at radius 3 is 2.67 bits per heavy atom. The van der Waals surface area contributed by atoms with Crippen molar-refractivity contribution in [3.8, 4) is 5.75 Å². The van der Waals surface area contributed by atoms with Crippen molar-refractivity contribution >= 4 is 5.69 Å². The molecule has 84 valence electrons. The van der Waals surface area contributed by atoms with Gasteiger partial charge in [-0.25, -0.2) is 0 Å². The molecule has 1 atom stereocenters. The SMILES string of the molecule is CC(O)CN(C)Cc1ccc(O)c(N)c1. The van der Waals surface area contributed by atoms with Gasteiger partial charge in [-0.3, -0.25) is 4.90 Å². The maximum Gasteiger partial charge on any atom is 0.138 e. The van der Waals surface area contributed by atoms with Crippen LogP contribution in [0.1, 0.15) is 12.5 Å². The molecule has 4 N–H and O–H groups in total. The van der Waals surface area contributed by atoms with Crippen molar-refractivity contribution in [2.24, 2.45) is 0 Å². The minimum absolute atomic E-state index is 0.108. The molecule has 0 spiro atoms. The summed E-state index contributed by atoms with van der Waals surface area (Å²) in [7, 11) is 1.93. The summed E-state index contributed by atoms with van der Waals surface area (Å²) in [6.45, 7) is 3.07. The number of hydrogen-bond donors (Lipinski definition) is 3. The average Bonchev–Trinajstić information content (AvgIpc) is 2.10. The van der Waals surface area contributed by atoms with Gasteiger partial charge in [0.25, 0.3) is 0 Å². The van der Waals surface area contributed by atoms with E-state index in [-0.39, 0.29) is 11.9 Å². The summed E-state index contributed by atoms with van der Waals surface area (Å²) in [5.74, 6) is 0.108. The Morgan fingerprint density at radius 1 is 1.47 bits per heavy atom. The zero-order valence-electron chi connectivity index (χ0n) is 9.14. The number of aromatic hydroxyl groups is 1. The molecule has 0 radical (unpaired) electrons. The van der Waals surface area contributed by atoms with E-state index in [1.54, 1.807) is 19.1 Å². The standard InChI is InChI=1S/C11H18N2O2/c1-8(14)6-13(2)7-9-3-4-11(15)10(12)5-9/h3-5,8,14-15H,6-7,12H2,1-2H3. The first-order chi connectivity index (χ1) is 6.99. The maximum atomic E-state index is 9.24. The molecule has 0 bridgehead atoms. The topological polar surface area (TPSA) is 69.7 Å². The average molecular weight is 210 g/mol. The minimum Gasteiger partial charge on any atom is -0.506 e. The first-order valence-electron chi connectivity index (χ1n) is 4.93. The molecule has 1 rings (SSSR count). The Balaban J connectivity index is 2.60. The zero-order valence-corrected chi connectivity index (χ0v) is 9.14. The van der Waals surface area contributed by atoms with Gasteiger partial charge in [0.05, 0.1) is 11.8 Å². The van der Waals surface area contributed by atoms with Crippen LogP contribution in [-0.4, -0.2) is 34.8 Å². The third-order valence-electron chi connectivity index (χ3n) is 2.12. The van der Waals surface area contributed by atoms with E-state index in [4.69, 9.17) is 5.73 Å². The number of rotatable bonds is 4. The van der Waals surface area contributed by atoms with E-state index in [1.165, 1.54) is 0 Å². The molecule has 0 saturated heterocycles. The molecule has 0 amide bonds. The predicted octanol–water partition coefficient (Wildman–Crippen LogP) is 0.787. The molecule has 0 aliphatic heterocycles.